The van der Waals surface area contributed by atoms with Crippen molar-refractivity contribution in [3.63, 3.8) is 0 Å². The molecule has 1 amide bonds. The molecule has 0 saturated carbocycles. The van der Waals surface area contributed by atoms with Crippen LogP contribution >= 0.6 is 0 Å². The minimum Gasteiger partial charge on any atom is -0.344 e. The summed E-state index contributed by atoms with van der Waals surface area (Å²) in [7, 11) is 3.69. The van der Waals surface area contributed by atoms with E-state index < -0.39 is 0 Å². The van der Waals surface area contributed by atoms with E-state index in [1.54, 1.807) is 4.90 Å². The third-order valence-corrected chi connectivity index (χ3v) is 2.39. The lowest BCUT2D eigenvalue weighted by Crippen LogP contribution is -2.38. The van der Waals surface area contributed by atoms with Crippen molar-refractivity contribution in [3.05, 3.63) is 0 Å². The van der Waals surface area contributed by atoms with Gasteiger partial charge < -0.3 is 16.0 Å². The Morgan fingerprint density at radius 2 is 2.07 bits per heavy atom. The number of rotatable bonds is 6. The van der Waals surface area contributed by atoms with E-state index in [9.17, 15) is 4.79 Å². The SMILES string of the molecule is CNCCN(C)C(=O)CC(N)C(C)C. The van der Waals surface area contributed by atoms with Crippen LogP contribution in [0, 0.1) is 5.92 Å². The molecule has 0 aromatic rings. The van der Waals surface area contributed by atoms with Crippen LogP contribution < -0.4 is 11.1 Å². The predicted molar refractivity (Wildman–Crippen MR) is 59.0 cm³/mol. The summed E-state index contributed by atoms with van der Waals surface area (Å²) in [6.45, 7) is 5.62. The average molecular weight is 201 g/mol. The van der Waals surface area contributed by atoms with Crippen LogP contribution in [0.4, 0.5) is 0 Å². The summed E-state index contributed by atoms with van der Waals surface area (Å²) in [6, 6.07) is -0.0282. The Labute approximate surface area is 86.8 Å². The highest BCUT2D eigenvalue weighted by atomic mass is 16.2. The Balaban J connectivity index is 3.82. The predicted octanol–water partition coefficient (Wildman–Crippen LogP) is 0.0376. The molecule has 0 heterocycles. The summed E-state index contributed by atoms with van der Waals surface area (Å²) in [5.74, 6) is 0.484. The van der Waals surface area contributed by atoms with Crippen molar-refractivity contribution >= 4 is 5.91 Å². The van der Waals surface area contributed by atoms with Gasteiger partial charge in [-0.05, 0) is 13.0 Å². The summed E-state index contributed by atoms with van der Waals surface area (Å²) in [6.07, 6.45) is 0.442. The topological polar surface area (TPSA) is 58.4 Å². The molecule has 0 radical (unpaired) electrons. The van der Waals surface area contributed by atoms with Gasteiger partial charge in [0.2, 0.25) is 5.91 Å². The quantitative estimate of drug-likeness (QED) is 0.638. The van der Waals surface area contributed by atoms with Gasteiger partial charge in [-0.3, -0.25) is 4.79 Å². The van der Waals surface area contributed by atoms with Crippen LogP contribution in [0.1, 0.15) is 20.3 Å². The van der Waals surface area contributed by atoms with Crippen molar-refractivity contribution in [2.24, 2.45) is 11.7 Å². The summed E-state index contributed by atoms with van der Waals surface area (Å²) in [5.41, 5.74) is 5.82. The van der Waals surface area contributed by atoms with E-state index in [0.717, 1.165) is 13.1 Å². The molecule has 4 heteroatoms. The molecular weight excluding hydrogens is 178 g/mol. The normalized spacial score (nSPS) is 13.0. The number of likely N-dealkylation sites (N-methyl/N-ethyl adjacent to an activating group) is 2. The van der Waals surface area contributed by atoms with Crippen LogP contribution in [0.25, 0.3) is 0 Å². The first-order valence-corrected chi connectivity index (χ1v) is 5.13. The van der Waals surface area contributed by atoms with Gasteiger partial charge in [0.25, 0.3) is 0 Å². The van der Waals surface area contributed by atoms with Crippen molar-refractivity contribution in [1.82, 2.24) is 10.2 Å². The van der Waals surface area contributed by atoms with Crippen molar-refractivity contribution in [1.29, 1.82) is 0 Å². The molecule has 0 fully saturated rings. The fourth-order valence-corrected chi connectivity index (χ4v) is 0.997. The van der Waals surface area contributed by atoms with Gasteiger partial charge in [-0.15, -0.1) is 0 Å². The maximum Gasteiger partial charge on any atom is 0.223 e. The zero-order valence-electron chi connectivity index (χ0n) is 9.71. The monoisotopic (exact) mass is 201 g/mol. The molecule has 14 heavy (non-hydrogen) atoms. The van der Waals surface area contributed by atoms with Gasteiger partial charge in [-0.1, -0.05) is 13.8 Å². The Bertz CT molecular complexity index is 171. The second kappa shape index (κ2) is 6.79. The molecule has 3 N–H and O–H groups in total. The molecule has 84 valence electrons. The van der Waals surface area contributed by atoms with Crippen LogP contribution in [0.2, 0.25) is 0 Å². The lowest BCUT2D eigenvalue weighted by atomic mass is 10.0. The lowest BCUT2D eigenvalue weighted by molar-refractivity contribution is -0.130. The number of hydrogen-bond acceptors (Lipinski definition) is 3. The standard InChI is InChI=1S/C10H23N3O/c1-8(2)9(11)7-10(14)13(4)6-5-12-3/h8-9,12H,5-7,11H2,1-4H3. The van der Waals surface area contributed by atoms with Gasteiger partial charge in [0.05, 0.1) is 0 Å². The lowest BCUT2D eigenvalue weighted by Gasteiger charge is -2.21. The van der Waals surface area contributed by atoms with Gasteiger partial charge in [0.1, 0.15) is 0 Å². The van der Waals surface area contributed by atoms with E-state index in [0.29, 0.717) is 12.3 Å². The maximum atomic E-state index is 11.6. The van der Waals surface area contributed by atoms with Gasteiger partial charge in [0, 0.05) is 32.6 Å². The largest absolute Gasteiger partial charge is 0.344 e. The van der Waals surface area contributed by atoms with Crippen molar-refractivity contribution in [2.45, 2.75) is 26.3 Å². The molecule has 0 aliphatic rings. The first kappa shape index (κ1) is 13.4. The van der Waals surface area contributed by atoms with E-state index >= 15 is 0 Å². The molecule has 1 atom stereocenters. The Hall–Kier alpha value is -0.610. The molecule has 0 aliphatic carbocycles. The van der Waals surface area contributed by atoms with E-state index in [4.69, 9.17) is 5.73 Å². The van der Waals surface area contributed by atoms with E-state index in [-0.39, 0.29) is 11.9 Å². The summed E-state index contributed by atoms with van der Waals surface area (Å²) < 4.78 is 0. The number of hydrogen-bond donors (Lipinski definition) is 2. The summed E-state index contributed by atoms with van der Waals surface area (Å²) in [4.78, 5) is 13.3. The number of nitrogens with two attached hydrogens (primary N) is 1. The van der Waals surface area contributed by atoms with Crippen molar-refractivity contribution < 1.29 is 4.79 Å². The highest BCUT2D eigenvalue weighted by molar-refractivity contribution is 5.76. The third-order valence-electron chi connectivity index (χ3n) is 2.39. The zero-order chi connectivity index (χ0) is 11.1. The molecule has 0 bridgehead atoms. The van der Waals surface area contributed by atoms with E-state index in [1.807, 2.05) is 27.9 Å². The van der Waals surface area contributed by atoms with Gasteiger partial charge in [-0.2, -0.15) is 0 Å². The third kappa shape index (κ3) is 5.19. The highest BCUT2D eigenvalue weighted by Crippen LogP contribution is 2.04. The average Bonchev–Trinajstić information content (AvgIpc) is 2.13. The van der Waals surface area contributed by atoms with Crippen LogP contribution in [0.5, 0.6) is 0 Å². The molecule has 0 rings (SSSR count). The van der Waals surface area contributed by atoms with Gasteiger partial charge >= 0.3 is 0 Å². The van der Waals surface area contributed by atoms with E-state index in [2.05, 4.69) is 5.32 Å². The van der Waals surface area contributed by atoms with Crippen LogP contribution in [-0.2, 0) is 4.79 Å². The maximum absolute atomic E-state index is 11.6. The molecule has 1 unspecified atom stereocenters. The fraction of sp³-hybridized carbons (Fsp3) is 0.900. The van der Waals surface area contributed by atoms with Crippen molar-refractivity contribution in [3.8, 4) is 0 Å². The Morgan fingerprint density at radius 3 is 2.50 bits per heavy atom. The molecular formula is C10H23N3O. The minimum absolute atomic E-state index is 0.0282. The van der Waals surface area contributed by atoms with Gasteiger partial charge in [0.15, 0.2) is 0 Å². The number of nitrogens with one attached hydrogen (secondary N) is 1. The van der Waals surface area contributed by atoms with Crippen LogP contribution in [-0.4, -0.2) is 44.0 Å². The highest BCUT2D eigenvalue weighted by Gasteiger charge is 2.15. The summed E-state index contributed by atoms with van der Waals surface area (Å²) >= 11 is 0. The Kier molecular flexibility index (Phi) is 6.49. The molecule has 0 spiro atoms. The first-order chi connectivity index (χ1) is 6.49. The number of nitrogens with zero attached hydrogens (tertiary/aromatic N) is 1. The second-order valence-electron chi connectivity index (χ2n) is 4.03. The molecule has 0 saturated heterocycles. The number of amides is 1. The second-order valence-corrected chi connectivity index (χ2v) is 4.03. The Morgan fingerprint density at radius 1 is 1.50 bits per heavy atom. The molecule has 0 aliphatic heterocycles. The number of carbonyl (C=O) groups excluding carboxylic acids is 1. The minimum atomic E-state index is -0.0282. The first-order valence-electron chi connectivity index (χ1n) is 5.13. The van der Waals surface area contributed by atoms with Gasteiger partial charge in [-0.25, -0.2) is 0 Å². The van der Waals surface area contributed by atoms with E-state index in [1.165, 1.54) is 0 Å². The summed E-state index contributed by atoms with van der Waals surface area (Å²) in [5, 5.41) is 3.00. The molecule has 0 aromatic heterocycles. The fourth-order valence-electron chi connectivity index (χ4n) is 0.997. The number of carbonyl (C=O) groups is 1. The van der Waals surface area contributed by atoms with Crippen LogP contribution in [0.15, 0.2) is 0 Å². The molecule has 4 nitrogen and oxygen atoms in total. The van der Waals surface area contributed by atoms with Crippen molar-refractivity contribution in [2.75, 3.05) is 27.2 Å². The van der Waals surface area contributed by atoms with Crippen LogP contribution in [0.3, 0.4) is 0 Å². The smallest absolute Gasteiger partial charge is 0.223 e. The zero-order valence-corrected chi connectivity index (χ0v) is 9.71. The molecule has 0 aromatic carbocycles.